The number of aromatic amines is 1. The minimum atomic E-state index is -0.0614. The van der Waals surface area contributed by atoms with E-state index in [-0.39, 0.29) is 23.7 Å². The van der Waals surface area contributed by atoms with Crippen molar-refractivity contribution in [3.8, 4) is 0 Å². The number of H-pyrrole nitrogens is 1. The number of piperidine rings is 2. The number of imidazole rings is 1. The smallest absolute Gasteiger partial charge is 0.326 e. The molecule has 0 radical (unpaired) electrons. The number of nitrogens with zero attached hydrogens (tertiary/aromatic N) is 3. The van der Waals surface area contributed by atoms with E-state index in [1.54, 1.807) is 0 Å². The van der Waals surface area contributed by atoms with E-state index in [2.05, 4.69) is 9.88 Å². The molecule has 6 nitrogen and oxygen atoms in total. The molecule has 2 aliphatic heterocycles. The number of likely N-dealkylation sites (tertiary alicyclic amines) is 2. The van der Waals surface area contributed by atoms with Crippen LogP contribution in [0.3, 0.4) is 0 Å². The number of amides is 1. The number of rotatable bonds is 3. The second-order valence-electron chi connectivity index (χ2n) is 7.65. The Balaban J connectivity index is 1.43. The standard InChI is InChI=1S/C20H28N4O2/c1-15(19(25)23-11-5-2-6-12-23)22-13-9-16(10-14-22)24-18-8-4-3-7-17(18)21-20(24)26/h3-4,7-8,15-16H,2,5-6,9-14H2,1H3,(H,21,26). The van der Waals surface area contributed by atoms with Crippen LogP contribution >= 0.6 is 0 Å². The highest BCUT2D eigenvalue weighted by Crippen LogP contribution is 2.26. The fraction of sp³-hybridized carbons (Fsp3) is 0.600. The van der Waals surface area contributed by atoms with Crippen molar-refractivity contribution in [2.24, 2.45) is 0 Å². The van der Waals surface area contributed by atoms with Crippen LogP contribution in [-0.4, -0.2) is 57.5 Å². The number of benzene rings is 1. The van der Waals surface area contributed by atoms with Gasteiger partial charge >= 0.3 is 5.69 Å². The summed E-state index contributed by atoms with van der Waals surface area (Å²) >= 11 is 0. The fourth-order valence-corrected chi connectivity index (χ4v) is 4.50. The first-order chi connectivity index (χ1) is 12.6. The number of carbonyl (C=O) groups excluding carboxylic acids is 1. The molecule has 0 bridgehead atoms. The lowest BCUT2D eigenvalue weighted by Crippen LogP contribution is -2.51. The van der Waals surface area contributed by atoms with Crippen molar-refractivity contribution < 1.29 is 4.79 Å². The summed E-state index contributed by atoms with van der Waals surface area (Å²) in [6, 6.07) is 8.00. The summed E-state index contributed by atoms with van der Waals surface area (Å²) in [6.45, 7) is 5.57. The highest BCUT2D eigenvalue weighted by molar-refractivity contribution is 5.81. The van der Waals surface area contributed by atoms with Crippen molar-refractivity contribution in [3.05, 3.63) is 34.7 Å². The molecule has 4 rings (SSSR count). The molecule has 6 heteroatoms. The van der Waals surface area contributed by atoms with E-state index in [9.17, 15) is 9.59 Å². The number of aromatic nitrogens is 2. The van der Waals surface area contributed by atoms with Gasteiger partial charge in [0.25, 0.3) is 0 Å². The van der Waals surface area contributed by atoms with Crippen molar-refractivity contribution in [2.75, 3.05) is 26.2 Å². The Hall–Kier alpha value is -2.08. The first kappa shape index (κ1) is 17.3. The SMILES string of the molecule is CC(C(=O)N1CCCCC1)N1CCC(n2c(=O)[nH]c3ccccc32)CC1. The zero-order valence-corrected chi connectivity index (χ0v) is 15.5. The van der Waals surface area contributed by atoms with E-state index >= 15 is 0 Å². The Morgan fingerprint density at radius 2 is 1.77 bits per heavy atom. The topological polar surface area (TPSA) is 61.3 Å². The highest BCUT2D eigenvalue weighted by atomic mass is 16.2. The maximum Gasteiger partial charge on any atom is 0.326 e. The Bertz CT molecular complexity index is 826. The summed E-state index contributed by atoms with van der Waals surface area (Å²) in [5.74, 6) is 0.271. The van der Waals surface area contributed by atoms with E-state index in [1.165, 1.54) is 6.42 Å². The van der Waals surface area contributed by atoms with Gasteiger partial charge in [0.2, 0.25) is 5.91 Å². The second-order valence-corrected chi connectivity index (χ2v) is 7.65. The Labute approximate surface area is 153 Å². The molecule has 2 saturated heterocycles. The molecule has 2 aliphatic rings. The van der Waals surface area contributed by atoms with Gasteiger partial charge in [-0.15, -0.1) is 0 Å². The zero-order valence-electron chi connectivity index (χ0n) is 15.5. The molecule has 1 amide bonds. The van der Waals surface area contributed by atoms with Gasteiger partial charge in [-0.1, -0.05) is 12.1 Å². The highest BCUT2D eigenvalue weighted by Gasteiger charge is 2.31. The second kappa shape index (κ2) is 7.27. The predicted molar refractivity (Wildman–Crippen MR) is 102 cm³/mol. The van der Waals surface area contributed by atoms with Gasteiger partial charge in [-0.2, -0.15) is 0 Å². The number of nitrogens with one attached hydrogen (secondary N) is 1. The van der Waals surface area contributed by atoms with E-state index in [0.29, 0.717) is 0 Å². The van der Waals surface area contributed by atoms with E-state index in [4.69, 9.17) is 0 Å². The van der Waals surface area contributed by atoms with Crippen LogP contribution in [0.15, 0.2) is 29.1 Å². The molecule has 1 N–H and O–H groups in total. The molecule has 0 spiro atoms. The largest absolute Gasteiger partial charge is 0.341 e. The molecular formula is C20H28N4O2. The Morgan fingerprint density at radius 1 is 1.08 bits per heavy atom. The van der Waals surface area contributed by atoms with Crippen LogP contribution in [0.25, 0.3) is 11.0 Å². The molecule has 1 aromatic carbocycles. The van der Waals surface area contributed by atoms with Gasteiger partial charge in [0, 0.05) is 32.2 Å². The van der Waals surface area contributed by atoms with Gasteiger partial charge in [0.15, 0.2) is 0 Å². The van der Waals surface area contributed by atoms with Gasteiger partial charge in [-0.25, -0.2) is 4.79 Å². The summed E-state index contributed by atoms with van der Waals surface area (Å²) in [5.41, 5.74) is 1.85. The molecule has 1 unspecified atom stereocenters. The molecular weight excluding hydrogens is 328 g/mol. The van der Waals surface area contributed by atoms with Gasteiger partial charge < -0.3 is 9.88 Å². The number of fused-ring (bicyclic) bond motifs is 1. The van der Waals surface area contributed by atoms with Crippen LogP contribution < -0.4 is 5.69 Å². The third-order valence-corrected chi connectivity index (χ3v) is 6.06. The third kappa shape index (κ3) is 3.18. The average molecular weight is 356 g/mol. The van der Waals surface area contributed by atoms with Crippen molar-refractivity contribution >= 4 is 16.9 Å². The predicted octanol–water partition coefficient (Wildman–Crippen LogP) is 2.37. The fourth-order valence-electron chi connectivity index (χ4n) is 4.50. The van der Waals surface area contributed by atoms with Gasteiger partial charge in [0.1, 0.15) is 0 Å². The number of para-hydroxylation sites is 2. The minimum absolute atomic E-state index is 0.0258. The Kier molecular flexibility index (Phi) is 4.85. The molecule has 1 aromatic heterocycles. The van der Waals surface area contributed by atoms with Crippen molar-refractivity contribution in [1.29, 1.82) is 0 Å². The quantitative estimate of drug-likeness (QED) is 0.918. The Morgan fingerprint density at radius 3 is 2.50 bits per heavy atom. The lowest BCUT2D eigenvalue weighted by Gasteiger charge is -2.38. The van der Waals surface area contributed by atoms with E-state index in [1.807, 2.05) is 40.7 Å². The molecule has 3 heterocycles. The van der Waals surface area contributed by atoms with E-state index in [0.717, 1.165) is 62.9 Å². The molecule has 0 saturated carbocycles. The van der Waals surface area contributed by atoms with Crippen LogP contribution in [0.2, 0.25) is 0 Å². The third-order valence-electron chi connectivity index (χ3n) is 6.06. The lowest BCUT2D eigenvalue weighted by molar-refractivity contribution is -0.137. The van der Waals surface area contributed by atoms with Gasteiger partial charge in [-0.05, 0) is 51.2 Å². The first-order valence-corrected chi connectivity index (χ1v) is 9.87. The number of hydrogen-bond donors (Lipinski definition) is 1. The molecule has 0 aliphatic carbocycles. The summed E-state index contributed by atoms with van der Waals surface area (Å²) < 4.78 is 1.91. The summed E-state index contributed by atoms with van der Waals surface area (Å²) in [5, 5.41) is 0. The van der Waals surface area contributed by atoms with Crippen LogP contribution in [0, 0.1) is 0 Å². The molecule has 140 valence electrons. The monoisotopic (exact) mass is 356 g/mol. The van der Waals surface area contributed by atoms with Crippen LogP contribution in [0.1, 0.15) is 45.1 Å². The van der Waals surface area contributed by atoms with Crippen molar-refractivity contribution in [3.63, 3.8) is 0 Å². The maximum absolute atomic E-state index is 12.8. The van der Waals surface area contributed by atoms with Crippen LogP contribution in [0.4, 0.5) is 0 Å². The average Bonchev–Trinajstić information content (AvgIpc) is 3.03. The van der Waals surface area contributed by atoms with Crippen molar-refractivity contribution in [1.82, 2.24) is 19.4 Å². The lowest BCUT2D eigenvalue weighted by atomic mass is 10.0. The molecule has 26 heavy (non-hydrogen) atoms. The number of carbonyl (C=O) groups is 1. The van der Waals surface area contributed by atoms with Crippen molar-refractivity contribution in [2.45, 2.75) is 51.1 Å². The first-order valence-electron chi connectivity index (χ1n) is 9.87. The number of hydrogen-bond acceptors (Lipinski definition) is 3. The van der Waals surface area contributed by atoms with Gasteiger partial charge in [0.05, 0.1) is 17.1 Å². The summed E-state index contributed by atoms with van der Waals surface area (Å²) in [4.78, 5) is 32.4. The van der Waals surface area contributed by atoms with Gasteiger partial charge in [-0.3, -0.25) is 14.3 Å². The maximum atomic E-state index is 12.8. The molecule has 2 fully saturated rings. The zero-order chi connectivity index (χ0) is 18.1. The van der Waals surface area contributed by atoms with Crippen LogP contribution in [0.5, 0.6) is 0 Å². The minimum Gasteiger partial charge on any atom is -0.341 e. The van der Waals surface area contributed by atoms with E-state index < -0.39 is 0 Å². The summed E-state index contributed by atoms with van der Waals surface area (Å²) in [6.07, 6.45) is 5.30. The molecule has 2 aromatic rings. The normalized spacial score (nSPS) is 21.2. The summed E-state index contributed by atoms with van der Waals surface area (Å²) in [7, 11) is 0. The van der Waals surface area contributed by atoms with Crippen LogP contribution in [-0.2, 0) is 4.79 Å². The molecule has 1 atom stereocenters.